The Labute approximate surface area is 147 Å². The van der Waals surface area contributed by atoms with Gasteiger partial charge in [-0.3, -0.25) is 14.5 Å². The molecule has 0 N–H and O–H groups in total. The summed E-state index contributed by atoms with van der Waals surface area (Å²) in [5, 5.41) is 0. The molecule has 3 aliphatic heterocycles. The number of hydrogen-bond acceptors (Lipinski definition) is 7. The van der Waals surface area contributed by atoms with E-state index in [4.69, 9.17) is 23.7 Å². The molecular weight excluding hydrogens is 330 g/mol. The van der Waals surface area contributed by atoms with Gasteiger partial charge in [-0.1, -0.05) is 13.8 Å². The lowest BCUT2D eigenvalue weighted by molar-refractivity contribution is -0.441. The van der Waals surface area contributed by atoms with Crippen LogP contribution in [0, 0.1) is 5.41 Å². The number of hydrogen-bond donors (Lipinski definition) is 0. The number of rotatable bonds is 5. The van der Waals surface area contributed by atoms with Crippen LogP contribution in [0.1, 0.15) is 33.6 Å². The third-order valence-corrected chi connectivity index (χ3v) is 4.95. The molecule has 0 aliphatic carbocycles. The molecule has 3 aliphatic rings. The van der Waals surface area contributed by atoms with Crippen LogP contribution in [-0.4, -0.2) is 61.6 Å². The van der Waals surface area contributed by atoms with Crippen molar-refractivity contribution in [1.29, 1.82) is 0 Å². The highest BCUT2D eigenvalue weighted by Crippen LogP contribution is 2.38. The van der Waals surface area contributed by atoms with Crippen molar-refractivity contribution in [2.75, 3.05) is 33.2 Å². The molecule has 0 aromatic heterocycles. The van der Waals surface area contributed by atoms with Gasteiger partial charge in [-0.05, 0) is 13.3 Å². The molecular formula is C17H25NO7. The monoisotopic (exact) mass is 355 g/mol. The maximum atomic E-state index is 11.6. The van der Waals surface area contributed by atoms with Crippen molar-refractivity contribution in [3.05, 3.63) is 12.2 Å². The van der Waals surface area contributed by atoms with E-state index < -0.39 is 23.6 Å². The maximum Gasteiger partial charge on any atom is 0.284 e. The minimum Gasteiger partial charge on any atom is -0.349 e. The van der Waals surface area contributed by atoms with Gasteiger partial charge in [-0.25, -0.2) is 0 Å². The average molecular weight is 355 g/mol. The molecule has 0 atom stereocenters. The van der Waals surface area contributed by atoms with E-state index in [1.54, 1.807) is 0 Å². The fraction of sp³-hybridized carbons (Fsp3) is 0.765. The van der Waals surface area contributed by atoms with Gasteiger partial charge in [0.2, 0.25) is 0 Å². The summed E-state index contributed by atoms with van der Waals surface area (Å²) in [7, 11) is 0. The van der Waals surface area contributed by atoms with Gasteiger partial charge in [0.1, 0.15) is 6.73 Å². The second-order valence-corrected chi connectivity index (χ2v) is 6.89. The number of nitrogens with zero attached hydrogens (tertiary/aromatic N) is 1. The molecule has 0 aromatic carbocycles. The lowest BCUT2D eigenvalue weighted by atomic mass is 9.90. The van der Waals surface area contributed by atoms with Crippen LogP contribution < -0.4 is 0 Å². The van der Waals surface area contributed by atoms with Crippen LogP contribution in [0.3, 0.4) is 0 Å². The lowest BCUT2D eigenvalue weighted by Crippen LogP contribution is -2.59. The molecule has 8 nitrogen and oxygen atoms in total. The standard InChI is InChI=1S/C17H25NO7/c1-4-15(3)21-8-16(9-22-15)10-23-17(5-2,24-11-16)25-12-18-13(19)6-7-14(18)20/h6-7H,4-5,8-12H2,1-3H3. The largest absolute Gasteiger partial charge is 0.349 e. The van der Waals surface area contributed by atoms with Gasteiger partial charge < -0.3 is 23.7 Å². The quantitative estimate of drug-likeness (QED) is 0.684. The normalized spacial score (nSPS) is 38.8. The molecule has 0 unspecified atom stereocenters. The number of ether oxygens (including phenoxy) is 5. The van der Waals surface area contributed by atoms with E-state index in [1.807, 2.05) is 20.8 Å². The lowest BCUT2D eigenvalue weighted by Gasteiger charge is -2.49. The van der Waals surface area contributed by atoms with Crippen LogP contribution in [0.2, 0.25) is 0 Å². The molecule has 3 rings (SSSR count). The summed E-state index contributed by atoms with van der Waals surface area (Å²) in [4.78, 5) is 24.2. The Morgan fingerprint density at radius 1 is 0.960 bits per heavy atom. The van der Waals surface area contributed by atoms with Gasteiger partial charge in [-0.2, -0.15) is 0 Å². The summed E-state index contributed by atoms with van der Waals surface area (Å²) in [6, 6.07) is 0. The highest BCUT2D eigenvalue weighted by molar-refractivity contribution is 6.12. The smallest absolute Gasteiger partial charge is 0.284 e. The van der Waals surface area contributed by atoms with E-state index in [0.29, 0.717) is 32.8 Å². The number of carbonyl (C=O) groups is 2. The zero-order valence-electron chi connectivity index (χ0n) is 14.9. The van der Waals surface area contributed by atoms with Crippen molar-refractivity contribution >= 4 is 11.8 Å². The minimum absolute atomic E-state index is 0.216. The number of amides is 2. The molecule has 0 bridgehead atoms. The summed E-state index contributed by atoms with van der Waals surface area (Å²) in [5.41, 5.74) is -0.377. The third-order valence-electron chi connectivity index (χ3n) is 4.95. The molecule has 2 fully saturated rings. The molecule has 1 spiro atoms. The molecule has 8 heteroatoms. The van der Waals surface area contributed by atoms with Gasteiger partial charge in [0.15, 0.2) is 5.79 Å². The van der Waals surface area contributed by atoms with Crippen molar-refractivity contribution in [2.24, 2.45) is 5.41 Å². The van der Waals surface area contributed by atoms with Gasteiger partial charge in [-0.15, -0.1) is 0 Å². The highest BCUT2D eigenvalue weighted by Gasteiger charge is 2.49. The summed E-state index contributed by atoms with van der Waals surface area (Å²) < 4.78 is 29.1. The van der Waals surface area contributed by atoms with Gasteiger partial charge in [0.25, 0.3) is 17.8 Å². The first-order valence-corrected chi connectivity index (χ1v) is 8.58. The molecule has 2 saturated heterocycles. The Morgan fingerprint density at radius 3 is 1.96 bits per heavy atom. The fourth-order valence-electron chi connectivity index (χ4n) is 2.79. The summed E-state index contributed by atoms with van der Waals surface area (Å²) in [6.45, 7) is 7.22. The third kappa shape index (κ3) is 3.63. The molecule has 0 aromatic rings. The fourth-order valence-corrected chi connectivity index (χ4v) is 2.79. The van der Waals surface area contributed by atoms with E-state index in [0.717, 1.165) is 11.3 Å². The molecule has 2 amide bonds. The Hall–Kier alpha value is -1.32. The van der Waals surface area contributed by atoms with E-state index in [9.17, 15) is 9.59 Å². The molecule has 0 radical (unpaired) electrons. The molecule has 25 heavy (non-hydrogen) atoms. The van der Waals surface area contributed by atoms with E-state index in [2.05, 4.69) is 0 Å². The molecule has 140 valence electrons. The number of imide groups is 1. The van der Waals surface area contributed by atoms with Crippen LogP contribution in [-0.2, 0) is 33.3 Å². The average Bonchev–Trinajstić information content (AvgIpc) is 2.96. The predicted octanol–water partition coefficient (Wildman–Crippen LogP) is 1.16. The Bertz CT molecular complexity index is 537. The van der Waals surface area contributed by atoms with E-state index in [-0.39, 0.29) is 12.1 Å². The second kappa shape index (κ2) is 6.77. The van der Waals surface area contributed by atoms with Crippen molar-refractivity contribution in [2.45, 2.75) is 45.4 Å². The SMILES string of the molecule is CCC1(C)OCC2(CO1)COC(CC)(OCN1C(=O)C=CC1=O)OC2. The van der Waals surface area contributed by atoms with Crippen molar-refractivity contribution in [3.8, 4) is 0 Å². The van der Waals surface area contributed by atoms with Gasteiger partial charge >= 0.3 is 0 Å². The van der Waals surface area contributed by atoms with Crippen LogP contribution in [0.15, 0.2) is 12.2 Å². The summed E-state index contributed by atoms with van der Waals surface area (Å²) >= 11 is 0. The van der Waals surface area contributed by atoms with E-state index >= 15 is 0 Å². The highest BCUT2D eigenvalue weighted by atomic mass is 16.9. The van der Waals surface area contributed by atoms with Gasteiger partial charge in [0.05, 0.1) is 31.8 Å². The maximum absolute atomic E-state index is 11.6. The first-order chi connectivity index (χ1) is 11.8. The predicted molar refractivity (Wildman–Crippen MR) is 84.9 cm³/mol. The van der Waals surface area contributed by atoms with Crippen molar-refractivity contribution < 1.29 is 33.3 Å². The second-order valence-electron chi connectivity index (χ2n) is 6.89. The van der Waals surface area contributed by atoms with Crippen molar-refractivity contribution in [1.82, 2.24) is 4.90 Å². The minimum atomic E-state index is -1.28. The zero-order chi connectivity index (χ0) is 18.1. The van der Waals surface area contributed by atoms with Crippen LogP contribution in [0.25, 0.3) is 0 Å². The molecule has 3 heterocycles. The number of carbonyl (C=O) groups excluding carboxylic acids is 2. The van der Waals surface area contributed by atoms with Gasteiger partial charge in [0, 0.05) is 18.6 Å². The molecule has 0 saturated carbocycles. The van der Waals surface area contributed by atoms with Crippen LogP contribution in [0.5, 0.6) is 0 Å². The van der Waals surface area contributed by atoms with Crippen molar-refractivity contribution in [3.63, 3.8) is 0 Å². The summed E-state index contributed by atoms with van der Waals surface area (Å²) in [5.74, 6) is -2.65. The zero-order valence-corrected chi connectivity index (χ0v) is 14.9. The van der Waals surface area contributed by atoms with E-state index in [1.165, 1.54) is 12.2 Å². The van der Waals surface area contributed by atoms with Crippen LogP contribution >= 0.6 is 0 Å². The Kier molecular flexibility index (Phi) is 5.00. The van der Waals surface area contributed by atoms with Crippen LogP contribution in [0.4, 0.5) is 0 Å². The first-order valence-electron chi connectivity index (χ1n) is 8.58. The topological polar surface area (TPSA) is 83.5 Å². The first kappa shape index (κ1) is 18.5. The summed E-state index contributed by atoms with van der Waals surface area (Å²) in [6.07, 6.45) is 3.60. The Balaban J connectivity index is 1.56. The Morgan fingerprint density at radius 2 is 1.48 bits per heavy atom.